The van der Waals surface area contributed by atoms with E-state index in [0.29, 0.717) is 17.3 Å². The maximum absolute atomic E-state index is 5.40. The zero-order valence-corrected chi connectivity index (χ0v) is 19.3. The lowest BCUT2D eigenvalue weighted by Gasteiger charge is -2.08. The minimum Gasteiger partial charge on any atom is -0.497 e. The van der Waals surface area contributed by atoms with Crippen molar-refractivity contribution in [2.45, 2.75) is 10.9 Å². The zero-order chi connectivity index (χ0) is 21.8. The number of rotatable bonds is 8. The summed E-state index contributed by atoms with van der Waals surface area (Å²) in [7, 11) is 6.88. The van der Waals surface area contributed by atoms with E-state index in [1.165, 1.54) is 0 Å². The van der Waals surface area contributed by atoms with Gasteiger partial charge in [-0.05, 0) is 30.3 Å². The van der Waals surface area contributed by atoms with Crippen molar-refractivity contribution in [3.63, 3.8) is 0 Å². The number of aromatic nitrogens is 4. The highest BCUT2D eigenvalue weighted by Gasteiger charge is 2.14. The largest absolute Gasteiger partial charge is 0.497 e. The van der Waals surface area contributed by atoms with Crippen molar-refractivity contribution in [2.75, 3.05) is 21.3 Å². The first-order valence-electron chi connectivity index (χ1n) is 9.46. The third-order valence-corrected chi connectivity index (χ3v) is 6.69. The Morgan fingerprint density at radius 3 is 2.55 bits per heavy atom. The van der Waals surface area contributed by atoms with E-state index in [0.717, 1.165) is 38.6 Å². The molecule has 0 aliphatic heterocycles. The molecule has 0 N–H and O–H groups in total. The summed E-state index contributed by atoms with van der Waals surface area (Å²) in [6, 6.07) is 13.6. The van der Waals surface area contributed by atoms with Gasteiger partial charge in [0, 0.05) is 29.3 Å². The molecule has 0 atom stereocenters. The summed E-state index contributed by atoms with van der Waals surface area (Å²) < 4.78 is 18.0. The molecule has 0 radical (unpaired) electrons. The molecule has 31 heavy (non-hydrogen) atoms. The second-order valence-electron chi connectivity index (χ2n) is 6.60. The van der Waals surface area contributed by atoms with Gasteiger partial charge in [-0.25, -0.2) is 4.98 Å². The maximum Gasteiger partial charge on any atom is 0.191 e. The molecule has 2 aromatic carbocycles. The Hall–Kier alpha value is -3.04. The molecule has 7 nitrogen and oxygen atoms in total. The number of hydrogen-bond donors (Lipinski definition) is 0. The van der Waals surface area contributed by atoms with E-state index in [-0.39, 0.29) is 0 Å². The van der Waals surface area contributed by atoms with Gasteiger partial charge in [-0.15, -0.1) is 21.5 Å². The van der Waals surface area contributed by atoms with Crippen LogP contribution in [0.15, 0.2) is 53.0 Å². The second-order valence-corrected chi connectivity index (χ2v) is 8.40. The van der Waals surface area contributed by atoms with E-state index >= 15 is 0 Å². The van der Waals surface area contributed by atoms with Crippen LogP contribution in [0.1, 0.15) is 5.69 Å². The minimum absolute atomic E-state index is 0.690. The molecule has 0 unspecified atom stereocenters. The fraction of sp³-hybridized carbons (Fsp3) is 0.227. The molecule has 0 saturated heterocycles. The van der Waals surface area contributed by atoms with Crippen LogP contribution in [0.4, 0.5) is 0 Å². The van der Waals surface area contributed by atoms with Crippen molar-refractivity contribution in [3.05, 3.63) is 53.5 Å². The van der Waals surface area contributed by atoms with Crippen LogP contribution >= 0.6 is 23.1 Å². The van der Waals surface area contributed by atoms with Crippen molar-refractivity contribution >= 4 is 23.1 Å². The summed E-state index contributed by atoms with van der Waals surface area (Å²) in [6.07, 6.45) is 0. The van der Waals surface area contributed by atoms with Crippen molar-refractivity contribution in [2.24, 2.45) is 7.05 Å². The van der Waals surface area contributed by atoms with E-state index in [2.05, 4.69) is 15.6 Å². The van der Waals surface area contributed by atoms with E-state index < -0.39 is 0 Å². The molecule has 4 aromatic rings. The van der Waals surface area contributed by atoms with E-state index in [4.69, 9.17) is 19.2 Å². The predicted molar refractivity (Wildman–Crippen MR) is 123 cm³/mol. The van der Waals surface area contributed by atoms with Gasteiger partial charge in [-0.2, -0.15) is 0 Å². The fourth-order valence-electron chi connectivity index (χ4n) is 3.07. The monoisotopic (exact) mass is 454 g/mol. The molecule has 0 aliphatic rings. The highest BCUT2D eigenvalue weighted by atomic mass is 32.2. The van der Waals surface area contributed by atoms with Gasteiger partial charge in [0.15, 0.2) is 22.5 Å². The number of hydrogen-bond acceptors (Lipinski definition) is 8. The molecule has 0 bridgehead atoms. The molecule has 9 heteroatoms. The van der Waals surface area contributed by atoms with Crippen molar-refractivity contribution < 1.29 is 14.2 Å². The number of methoxy groups -OCH3 is 3. The van der Waals surface area contributed by atoms with Crippen molar-refractivity contribution in [1.29, 1.82) is 0 Å². The molecule has 160 valence electrons. The summed E-state index contributed by atoms with van der Waals surface area (Å²) in [5, 5.41) is 12.5. The second kappa shape index (κ2) is 9.40. The normalized spacial score (nSPS) is 10.8. The van der Waals surface area contributed by atoms with Gasteiger partial charge in [-0.3, -0.25) is 0 Å². The number of thioether (sulfide) groups is 1. The molecule has 2 aromatic heterocycles. The van der Waals surface area contributed by atoms with Crippen LogP contribution in [0.2, 0.25) is 0 Å². The molecule has 0 amide bonds. The molecule has 4 rings (SSSR count). The number of ether oxygens (including phenoxy) is 3. The van der Waals surface area contributed by atoms with Gasteiger partial charge in [0.1, 0.15) is 10.8 Å². The van der Waals surface area contributed by atoms with E-state index in [1.54, 1.807) is 44.4 Å². The van der Waals surface area contributed by atoms with Gasteiger partial charge >= 0.3 is 0 Å². The SMILES string of the molecule is COc1cccc(-c2nnc(SCc3csc(-c4ccc(OC)c(OC)c4)n3)n2C)c1. The average Bonchev–Trinajstić information content (AvgIpc) is 3.43. The molecule has 0 saturated carbocycles. The summed E-state index contributed by atoms with van der Waals surface area (Å²) in [5.41, 5.74) is 2.95. The molecular formula is C22H22N4O3S2. The van der Waals surface area contributed by atoms with Gasteiger partial charge in [-0.1, -0.05) is 23.9 Å². The van der Waals surface area contributed by atoms with Crippen molar-refractivity contribution in [1.82, 2.24) is 19.7 Å². The Labute approximate surface area is 189 Å². The number of nitrogens with zero attached hydrogens (tertiary/aromatic N) is 4. The van der Waals surface area contributed by atoms with E-state index in [9.17, 15) is 0 Å². The summed E-state index contributed by atoms with van der Waals surface area (Å²) in [6.45, 7) is 0. The van der Waals surface area contributed by atoms with Crippen LogP contribution in [0.25, 0.3) is 22.0 Å². The Morgan fingerprint density at radius 2 is 1.77 bits per heavy atom. The van der Waals surface area contributed by atoms with Crippen LogP contribution in [-0.2, 0) is 12.8 Å². The van der Waals surface area contributed by atoms with Gasteiger partial charge < -0.3 is 18.8 Å². The summed E-state index contributed by atoms with van der Waals surface area (Å²) in [5.74, 6) is 3.68. The summed E-state index contributed by atoms with van der Waals surface area (Å²) >= 11 is 3.21. The lowest BCUT2D eigenvalue weighted by atomic mass is 10.2. The lowest BCUT2D eigenvalue weighted by molar-refractivity contribution is 0.355. The van der Waals surface area contributed by atoms with Crippen LogP contribution in [0.5, 0.6) is 17.2 Å². The highest BCUT2D eigenvalue weighted by Crippen LogP contribution is 2.34. The molecule has 0 fully saturated rings. The standard InChI is InChI=1S/C22H22N4O3S2/c1-26-20(14-6-5-7-17(10-14)27-2)24-25-22(26)31-13-16-12-30-21(23-16)15-8-9-18(28-3)19(11-15)29-4/h5-12H,13H2,1-4H3. The Bertz CT molecular complexity index is 1190. The molecule has 0 aliphatic carbocycles. The zero-order valence-electron chi connectivity index (χ0n) is 17.7. The number of benzene rings is 2. The van der Waals surface area contributed by atoms with Crippen LogP contribution in [0, 0.1) is 0 Å². The number of thiazole rings is 1. The van der Waals surface area contributed by atoms with Gasteiger partial charge in [0.05, 0.1) is 27.0 Å². The average molecular weight is 455 g/mol. The van der Waals surface area contributed by atoms with Gasteiger partial charge in [0.25, 0.3) is 0 Å². The molecule has 0 spiro atoms. The summed E-state index contributed by atoms with van der Waals surface area (Å²) in [4.78, 5) is 4.77. The molecule has 2 heterocycles. The topological polar surface area (TPSA) is 71.3 Å². The van der Waals surface area contributed by atoms with Gasteiger partial charge in [0.2, 0.25) is 0 Å². The minimum atomic E-state index is 0.690. The Kier molecular flexibility index (Phi) is 6.43. The first-order valence-corrected chi connectivity index (χ1v) is 11.3. The van der Waals surface area contributed by atoms with E-state index in [1.807, 2.05) is 54.1 Å². The Morgan fingerprint density at radius 1 is 0.935 bits per heavy atom. The third-order valence-electron chi connectivity index (χ3n) is 4.69. The third kappa shape index (κ3) is 4.52. The lowest BCUT2D eigenvalue weighted by Crippen LogP contribution is -1.95. The fourth-order valence-corrected chi connectivity index (χ4v) is 4.79. The smallest absolute Gasteiger partial charge is 0.191 e. The van der Waals surface area contributed by atoms with Crippen LogP contribution < -0.4 is 14.2 Å². The Balaban J connectivity index is 1.47. The first-order chi connectivity index (χ1) is 15.1. The maximum atomic E-state index is 5.40. The van der Waals surface area contributed by atoms with Crippen molar-refractivity contribution in [3.8, 4) is 39.2 Å². The first kappa shape index (κ1) is 21.2. The highest BCUT2D eigenvalue weighted by molar-refractivity contribution is 7.98. The van der Waals surface area contributed by atoms with Crippen LogP contribution in [-0.4, -0.2) is 41.1 Å². The van der Waals surface area contributed by atoms with Crippen LogP contribution in [0.3, 0.4) is 0 Å². The predicted octanol–water partition coefficient (Wildman–Crippen LogP) is 4.92. The quantitative estimate of drug-likeness (QED) is 0.350. The molecular weight excluding hydrogens is 432 g/mol.